The van der Waals surface area contributed by atoms with Gasteiger partial charge in [-0.25, -0.2) is 9.78 Å². The van der Waals surface area contributed by atoms with Crippen molar-refractivity contribution in [2.24, 2.45) is 0 Å². The Kier molecular flexibility index (Phi) is 5.15. The topological polar surface area (TPSA) is 109 Å². The molecule has 0 radical (unpaired) electrons. The van der Waals surface area contributed by atoms with Gasteiger partial charge in [-0.1, -0.05) is 0 Å². The number of carbonyl (C=O) groups excluding carboxylic acids is 3. The molecule has 0 saturated carbocycles. The summed E-state index contributed by atoms with van der Waals surface area (Å²) in [5, 5.41) is 7.37. The van der Waals surface area contributed by atoms with Crippen LogP contribution in [-0.4, -0.2) is 36.0 Å². The molecule has 2 rings (SSSR count). The zero-order valence-electron chi connectivity index (χ0n) is 13.4. The lowest BCUT2D eigenvalue weighted by atomic mass is 10.1. The van der Waals surface area contributed by atoms with E-state index in [9.17, 15) is 14.4 Å². The van der Waals surface area contributed by atoms with Crippen molar-refractivity contribution in [1.82, 2.24) is 20.9 Å². The van der Waals surface area contributed by atoms with Gasteiger partial charge in [-0.2, -0.15) is 0 Å². The molecule has 1 aliphatic heterocycles. The maximum absolute atomic E-state index is 11.9. The summed E-state index contributed by atoms with van der Waals surface area (Å²) in [6.07, 6.45) is 0.394. The zero-order valence-corrected chi connectivity index (χ0v) is 13.4. The van der Waals surface area contributed by atoms with Gasteiger partial charge in [0.15, 0.2) is 0 Å². The van der Waals surface area contributed by atoms with E-state index >= 15 is 0 Å². The highest BCUT2D eigenvalue weighted by molar-refractivity contribution is 6.04. The van der Waals surface area contributed by atoms with E-state index in [2.05, 4.69) is 20.9 Å². The van der Waals surface area contributed by atoms with Crippen LogP contribution in [0, 0.1) is 13.8 Å². The predicted molar refractivity (Wildman–Crippen MR) is 81.8 cm³/mol. The van der Waals surface area contributed by atoms with E-state index in [1.54, 1.807) is 0 Å². The van der Waals surface area contributed by atoms with Crippen molar-refractivity contribution < 1.29 is 19.1 Å². The van der Waals surface area contributed by atoms with Crippen molar-refractivity contribution in [3.8, 4) is 5.88 Å². The Morgan fingerprint density at radius 2 is 2.13 bits per heavy atom. The molecular weight excluding hydrogens is 300 g/mol. The largest absolute Gasteiger partial charge is 0.481 e. The maximum Gasteiger partial charge on any atom is 0.322 e. The Hall–Kier alpha value is -2.64. The number of rotatable bonds is 6. The summed E-state index contributed by atoms with van der Waals surface area (Å²) in [5.74, 6) is -0.116. The molecule has 8 nitrogen and oxygen atoms in total. The van der Waals surface area contributed by atoms with Crippen molar-refractivity contribution in [3.05, 3.63) is 22.9 Å². The second-order valence-electron chi connectivity index (χ2n) is 5.40. The van der Waals surface area contributed by atoms with E-state index < -0.39 is 18.0 Å². The number of amides is 4. The minimum atomic E-state index is -0.648. The van der Waals surface area contributed by atoms with Gasteiger partial charge in [0.05, 0.1) is 7.11 Å². The first-order valence-corrected chi connectivity index (χ1v) is 7.30. The Morgan fingerprint density at radius 1 is 1.39 bits per heavy atom. The molecule has 1 aromatic rings. The summed E-state index contributed by atoms with van der Waals surface area (Å²) in [7, 11) is 1.54. The highest BCUT2D eigenvalue weighted by Gasteiger charge is 2.29. The van der Waals surface area contributed by atoms with Crippen LogP contribution in [-0.2, 0) is 16.1 Å². The minimum Gasteiger partial charge on any atom is -0.481 e. The Morgan fingerprint density at radius 3 is 2.74 bits per heavy atom. The van der Waals surface area contributed by atoms with Crippen molar-refractivity contribution in [2.45, 2.75) is 39.3 Å². The normalized spacial score (nSPS) is 16.7. The third-order valence-corrected chi connectivity index (χ3v) is 3.61. The number of aryl methyl sites for hydroxylation is 2. The zero-order chi connectivity index (χ0) is 17.0. The van der Waals surface area contributed by atoms with E-state index in [4.69, 9.17) is 4.74 Å². The Balaban J connectivity index is 1.87. The van der Waals surface area contributed by atoms with Crippen LogP contribution in [0.2, 0.25) is 0 Å². The molecule has 0 aromatic carbocycles. The first kappa shape index (κ1) is 16.7. The molecule has 4 amide bonds. The van der Waals surface area contributed by atoms with E-state index in [1.807, 2.05) is 19.9 Å². The monoisotopic (exact) mass is 320 g/mol. The third-order valence-electron chi connectivity index (χ3n) is 3.61. The standard InChI is InChI=1S/C15H20N4O4/c1-8-6-9(2)17-14(23-3)10(8)7-16-12(20)5-4-11-13(21)19-15(22)18-11/h6,11H,4-5,7H2,1-3H3,(H,16,20)(H2,18,19,21,22)/t11-/m0/s1. The number of carbonyl (C=O) groups is 3. The molecule has 0 bridgehead atoms. The van der Waals surface area contributed by atoms with Gasteiger partial charge in [0.25, 0.3) is 5.91 Å². The molecule has 0 unspecified atom stereocenters. The highest BCUT2D eigenvalue weighted by Crippen LogP contribution is 2.20. The molecule has 1 saturated heterocycles. The molecule has 23 heavy (non-hydrogen) atoms. The average molecular weight is 320 g/mol. The van der Waals surface area contributed by atoms with Gasteiger partial charge in [-0.3, -0.25) is 14.9 Å². The van der Waals surface area contributed by atoms with Gasteiger partial charge in [0.2, 0.25) is 11.8 Å². The molecule has 3 N–H and O–H groups in total. The molecule has 1 fully saturated rings. The highest BCUT2D eigenvalue weighted by atomic mass is 16.5. The van der Waals surface area contributed by atoms with E-state index in [-0.39, 0.29) is 18.7 Å². The van der Waals surface area contributed by atoms with Gasteiger partial charge < -0.3 is 15.4 Å². The van der Waals surface area contributed by atoms with Crippen molar-refractivity contribution in [2.75, 3.05) is 7.11 Å². The lowest BCUT2D eigenvalue weighted by Crippen LogP contribution is -2.31. The number of imide groups is 1. The summed E-state index contributed by atoms with van der Waals surface area (Å²) < 4.78 is 5.24. The predicted octanol–water partition coefficient (Wildman–Crippen LogP) is 0.311. The van der Waals surface area contributed by atoms with Gasteiger partial charge in [-0.05, 0) is 31.9 Å². The molecule has 0 spiro atoms. The number of methoxy groups -OCH3 is 1. The fourth-order valence-electron chi connectivity index (χ4n) is 2.43. The van der Waals surface area contributed by atoms with E-state index in [0.29, 0.717) is 12.4 Å². The second kappa shape index (κ2) is 7.08. The SMILES string of the molecule is COc1nc(C)cc(C)c1CNC(=O)CC[C@@H]1NC(=O)NC1=O. The fourth-order valence-corrected chi connectivity index (χ4v) is 2.43. The smallest absolute Gasteiger partial charge is 0.322 e. The minimum absolute atomic E-state index is 0.138. The fraction of sp³-hybridized carbons (Fsp3) is 0.467. The van der Waals surface area contributed by atoms with Crippen molar-refractivity contribution >= 4 is 17.8 Å². The number of nitrogens with zero attached hydrogens (tertiary/aromatic N) is 1. The number of aromatic nitrogens is 1. The molecule has 124 valence electrons. The van der Waals surface area contributed by atoms with Crippen LogP contribution in [0.3, 0.4) is 0 Å². The van der Waals surface area contributed by atoms with Gasteiger partial charge in [-0.15, -0.1) is 0 Å². The van der Waals surface area contributed by atoms with Crippen LogP contribution in [0.15, 0.2) is 6.07 Å². The van der Waals surface area contributed by atoms with Crippen molar-refractivity contribution in [1.29, 1.82) is 0 Å². The lowest BCUT2D eigenvalue weighted by molar-refractivity contribution is -0.122. The Labute approximate surface area is 134 Å². The molecule has 1 aliphatic rings. The number of nitrogens with one attached hydrogen (secondary N) is 3. The van der Waals surface area contributed by atoms with E-state index in [1.165, 1.54) is 7.11 Å². The summed E-state index contributed by atoms with van der Waals surface area (Å²) in [4.78, 5) is 38.6. The maximum atomic E-state index is 11.9. The van der Waals surface area contributed by atoms with E-state index in [0.717, 1.165) is 16.8 Å². The molecule has 1 atom stereocenters. The second-order valence-corrected chi connectivity index (χ2v) is 5.40. The van der Waals surface area contributed by atoms with Gasteiger partial charge >= 0.3 is 6.03 Å². The van der Waals surface area contributed by atoms with Crippen LogP contribution < -0.4 is 20.7 Å². The molecule has 0 aliphatic carbocycles. The first-order valence-electron chi connectivity index (χ1n) is 7.30. The third kappa shape index (κ3) is 4.18. The van der Waals surface area contributed by atoms with Gasteiger partial charge in [0, 0.05) is 24.2 Å². The van der Waals surface area contributed by atoms with Crippen molar-refractivity contribution in [3.63, 3.8) is 0 Å². The number of pyridine rings is 1. The van der Waals surface area contributed by atoms with Crippen LogP contribution in [0.25, 0.3) is 0 Å². The molecule has 1 aromatic heterocycles. The van der Waals surface area contributed by atoms with Gasteiger partial charge in [0.1, 0.15) is 6.04 Å². The number of hydrogen-bond donors (Lipinski definition) is 3. The summed E-state index contributed by atoms with van der Waals surface area (Å²) in [6, 6.07) is 0.750. The molecular formula is C15H20N4O4. The van der Waals surface area contributed by atoms with Crippen LogP contribution in [0.1, 0.15) is 29.7 Å². The summed E-state index contributed by atoms with van der Waals surface area (Å²) in [5.41, 5.74) is 2.65. The number of urea groups is 1. The van der Waals surface area contributed by atoms with Crippen LogP contribution in [0.5, 0.6) is 5.88 Å². The first-order chi connectivity index (χ1) is 10.9. The molecule has 8 heteroatoms. The average Bonchev–Trinajstić information content (AvgIpc) is 2.81. The van der Waals surface area contributed by atoms with Crippen LogP contribution >= 0.6 is 0 Å². The quantitative estimate of drug-likeness (QED) is 0.654. The van der Waals surface area contributed by atoms with Crippen LogP contribution in [0.4, 0.5) is 4.79 Å². The summed E-state index contributed by atoms with van der Waals surface area (Å²) in [6.45, 7) is 4.10. The number of ether oxygens (including phenoxy) is 1. The molecule has 2 heterocycles. The number of hydrogen-bond acceptors (Lipinski definition) is 5. The Bertz CT molecular complexity index is 645. The lowest BCUT2D eigenvalue weighted by Gasteiger charge is -2.13. The summed E-state index contributed by atoms with van der Waals surface area (Å²) >= 11 is 0.